The summed E-state index contributed by atoms with van der Waals surface area (Å²) in [5, 5.41) is 2.14. The normalized spacial score (nSPS) is 12.7. The molecule has 1 atom stereocenters. The molecule has 0 bridgehead atoms. The van der Waals surface area contributed by atoms with Crippen LogP contribution in [0.1, 0.15) is 22.7 Å². The fourth-order valence-corrected chi connectivity index (χ4v) is 3.01. The van der Waals surface area contributed by atoms with Crippen LogP contribution >= 0.6 is 33.9 Å². The molecule has 1 heterocycles. The number of benzene rings is 1. The first-order chi connectivity index (χ1) is 7.18. The van der Waals surface area contributed by atoms with Gasteiger partial charge in [0.2, 0.25) is 0 Å². The number of nitrogens with two attached hydrogens (primary N) is 1. The molecule has 1 nitrogen and oxygen atoms in total. The first-order valence-corrected chi connectivity index (χ1v) is 6.69. The smallest absolute Gasteiger partial charge is 0.0656 e. The maximum Gasteiger partial charge on any atom is 0.0656 e. The lowest BCUT2D eigenvalue weighted by atomic mass is 9.98. The summed E-state index contributed by atoms with van der Waals surface area (Å²) in [6.45, 7) is 2.10. The van der Waals surface area contributed by atoms with Gasteiger partial charge in [-0.05, 0) is 57.7 Å². The second kappa shape index (κ2) is 4.63. The van der Waals surface area contributed by atoms with E-state index in [0.29, 0.717) is 0 Å². The maximum atomic E-state index is 6.23. The molecule has 2 rings (SSSR count). The predicted molar refractivity (Wildman–Crippen MR) is 74.2 cm³/mol. The predicted octanol–water partition coefficient (Wildman–Crippen LogP) is 3.71. The maximum absolute atomic E-state index is 6.23. The first kappa shape index (κ1) is 11.1. The Morgan fingerprint density at radius 3 is 2.67 bits per heavy atom. The molecule has 3 heteroatoms. The second-order valence-electron chi connectivity index (χ2n) is 3.52. The standard InChI is InChI=1S/C12H12INS/c1-8-4-2-3-5-10(8)12(14)9-6-11(13)15-7-9/h2-7,12H,14H2,1H3. The van der Waals surface area contributed by atoms with Crippen molar-refractivity contribution >= 4 is 33.9 Å². The SMILES string of the molecule is Cc1ccccc1C(N)c1csc(I)c1. The summed E-state index contributed by atoms with van der Waals surface area (Å²) in [6.07, 6.45) is 0. The zero-order valence-corrected chi connectivity index (χ0v) is 11.4. The summed E-state index contributed by atoms with van der Waals surface area (Å²) in [4.78, 5) is 0. The highest BCUT2D eigenvalue weighted by atomic mass is 127. The molecule has 2 aromatic rings. The van der Waals surface area contributed by atoms with E-state index in [1.165, 1.54) is 19.6 Å². The molecular weight excluding hydrogens is 317 g/mol. The van der Waals surface area contributed by atoms with Gasteiger partial charge in [-0.25, -0.2) is 0 Å². The molecule has 2 N–H and O–H groups in total. The van der Waals surface area contributed by atoms with Crippen LogP contribution in [0.25, 0.3) is 0 Å². The highest BCUT2D eigenvalue weighted by Crippen LogP contribution is 2.27. The third-order valence-electron chi connectivity index (χ3n) is 2.47. The molecular formula is C12H12INS. The molecule has 0 saturated heterocycles. The van der Waals surface area contributed by atoms with E-state index in [4.69, 9.17) is 5.73 Å². The Hall–Kier alpha value is -0.390. The molecule has 0 aliphatic heterocycles. The van der Waals surface area contributed by atoms with Gasteiger partial charge in [-0.15, -0.1) is 11.3 Å². The highest BCUT2D eigenvalue weighted by molar-refractivity contribution is 14.1. The van der Waals surface area contributed by atoms with Crippen LogP contribution in [0.4, 0.5) is 0 Å². The van der Waals surface area contributed by atoms with Gasteiger partial charge in [0, 0.05) is 0 Å². The highest BCUT2D eigenvalue weighted by Gasteiger charge is 2.11. The lowest BCUT2D eigenvalue weighted by Crippen LogP contribution is -2.12. The Kier molecular flexibility index (Phi) is 3.43. The minimum atomic E-state index is 0.00552. The molecule has 0 radical (unpaired) electrons. The lowest BCUT2D eigenvalue weighted by molar-refractivity contribution is 0.866. The van der Waals surface area contributed by atoms with Crippen molar-refractivity contribution in [1.82, 2.24) is 0 Å². The van der Waals surface area contributed by atoms with E-state index in [0.717, 1.165) is 0 Å². The van der Waals surface area contributed by atoms with E-state index >= 15 is 0 Å². The number of hydrogen-bond acceptors (Lipinski definition) is 2. The van der Waals surface area contributed by atoms with Gasteiger partial charge >= 0.3 is 0 Å². The average Bonchev–Trinajstić information content (AvgIpc) is 2.65. The largest absolute Gasteiger partial charge is 0.320 e. The molecule has 0 amide bonds. The van der Waals surface area contributed by atoms with Crippen molar-refractivity contribution in [2.45, 2.75) is 13.0 Å². The van der Waals surface area contributed by atoms with Crippen molar-refractivity contribution in [3.8, 4) is 0 Å². The van der Waals surface area contributed by atoms with Gasteiger partial charge in [0.15, 0.2) is 0 Å². The van der Waals surface area contributed by atoms with Crippen LogP contribution in [-0.2, 0) is 0 Å². The van der Waals surface area contributed by atoms with E-state index in [9.17, 15) is 0 Å². The van der Waals surface area contributed by atoms with E-state index in [1.54, 1.807) is 11.3 Å². The number of thiophene rings is 1. The lowest BCUT2D eigenvalue weighted by Gasteiger charge is -2.12. The molecule has 0 aliphatic rings. The van der Waals surface area contributed by atoms with Gasteiger partial charge in [0.05, 0.1) is 8.93 Å². The quantitative estimate of drug-likeness (QED) is 0.835. The topological polar surface area (TPSA) is 26.0 Å². The van der Waals surface area contributed by atoms with E-state index in [-0.39, 0.29) is 6.04 Å². The fraction of sp³-hybridized carbons (Fsp3) is 0.167. The zero-order valence-electron chi connectivity index (χ0n) is 8.41. The van der Waals surface area contributed by atoms with E-state index in [2.05, 4.69) is 53.1 Å². The van der Waals surface area contributed by atoms with Crippen LogP contribution in [0, 0.1) is 9.81 Å². The summed E-state index contributed by atoms with van der Waals surface area (Å²) < 4.78 is 1.28. The van der Waals surface area contributed by atoms with Crippen molar-refractivity contribution < 1.29 is 0 Å². The van der Waals surface area contributed by atoms with E-state index in [1.807, 2.05) is 12.1 Å². The third-order valence-corrected chi connectivity index (χ3v) is 4.28. The van der Waals surface area contributed by atoms with Crippen LogP contribution in [0.15, 0.2) is 35.7 Å². The van der Waals surface area contributed by atoms with Crippen molar-refractivity contribution in [2.75, 3.05) is 0 Å². The van der Waals surface area contributed by atoms with Gasteiger partial charge in [-0.1, -0.05) is 24.3 Å². The Labute approximate surface area is 107 Å². The fourth-order valence-electron chi connectivity index (χ4n) is 1.60. The summed E-state index contributed by atoms with van der Waals surface area (Å²) in [6, 6.07) is 10.5. The van der Waals surface area contributed by atoms with Gasteiger partial charge in [0.25, 0.3) is 0 Å². The minimum absolute atomic E-state index is 0.00552. The number of halogens is 1. The Morgan fingerprint density at radius 2 is 2.07 bits per heavy atom. The summed E-state index contributed by atoms with van der Waals surface area (Å²) in [5.74, 6) is 0. The summed E-state index contributed by atoms with van der Waals surface area (Å²) in [7, 11) is 0. The summed E-state index contributed by atoms with van der Waals surface area (Å²) >= 11 is 4.06. The van der Waals surface area contributed by atoms with Crippen molar-refractivity contribution in [3.05, 3.63) is 55.3 Å². The van der Waals surface area contributed by atoms with Crippen LogP contribution in [0.2, 0.25) is 0 Å². The van der Waals surface area contributed by atoms with Crippen molar-refractivity contribution in [1.29, 1.82) is 0 Å². The molecule has 1 aromatic heterocycles. The molecule has 0 spiro atoms. The van der Waals surface area contributed by atoms with Crippen LogP contribution in [-0.4, -0.2) is 0 Å². The monoisotopic (exact) mass is 329 g/mol. The molecule has 1 aromatic carbocycles. The molecule has 0 saturated carbocycles. The average molecular weight is 329 g/mol. The summed E-state index contributed by atoms with van der Waals surface area (Å²) in [5.41, 5.74) is 9.91. The van der Waals surface area contributed by atoms with Crippen LogP contribution in [0.3, 0.4) is 0 Å². The van der Waals surface area contributed by atoms with Crippen LogP contribution in [0.5, 0.6) is 0 Å². The molecule has 0 fully saturated rings. The Balaban J connectivity index is 2.36. The Bertz CT molecular complexity index is 464. The van der Waals surface area contributed by atoms with Gasteiger partial charge in [-0.3, -0.25) is 0 Å². The second-order valence-corrected chi connectivity index (χ2v) is 6.32. The van der Waals surface area contributed by atoms with Crippen molar-refractivity contribution in [2.24, 2.45) is 5.73 Å². The van der Waals surface area contributed by atoms with Gasteiger partial charge in [0.1, 0.15) is 0 Å². The Morgan fingerprint density at radius 1 is 1.33 bits per heavy atom. The minimum Gasteiger partial charge on any atom is -0.320 e. The first-order valence-electron chi connectivity index (χ1n) is 4.73. The molecule has 15 heavy (non-hydrogen) atoms. The third kappa shape index (κ3) is 2.41. The number of aryl methyl sites for hydroxylation is 1. The number of rotatable bonds is 2. The van der Waals surface area contributed by atoms with Gasteiger partial charge in [-0.2, -0.15) is 0 Å². The van der Waals surface area contributed by atoms with E-state index < -0.39 is 0 Å². The molecule has 78 valence electrons. The molecule has 0 aliphatic carbocycles. The van der Waals surface area contributed by atoms with Gasteiger partial charge < -0.3 is 5.73 Å². The molecule has 1 unspecified atom stereocenters. The van der Waals surface area contributed by atoms with Crippen molar-refractivity contribution in [3.63, 3.8) is 0 Å². The number of hydrogen-bond donors (Lipinski definition) is 1. The van der Waals surface area contributed by atoms with Crippen LogP contribution < -0.4 is 5.73 Å². The zero-order chi connectivity index (χ0) is 10.8.